The first-order chi connectivity index (χ1) is 13.3. The van der Waals surface area contributed by atoms with Gasteiger partial charge >= 0.3 is 6.18 Å². The molecule has 0 fully saturated rings. The number of hydrogen-bond donors (Lipinski definition) is 2. The second-order valence-corrected chi connectivity index (χ2v) is 6.71. The van der Waals surface area contributed by atoms with Gasteiger partial charge < -0.3 is 15.0 Å². The van der Waals surface area contributed by atoms with E-state index < -0.39 is 30.3 Å². The predicted octanol–water partition coefficient (Wildman–Crippen LogP) is 4.47. The zero-order valence-electron chi connectivity index (χ0n) is 15.4. The minimum absolute atomic E-state index is 0.00646. The second-order valence-electron chi connectivity index (χ2n) is 6.71. The molecule has 0 spiro atoms. The number of amides is 1. The molecule has 8 heteroatoms. The van der Waals surface area contributed by atoms with Crippen LogP contribution in [-0.4, -0.2) is 22.5 Å². The number of aromatic nitrogens is 2. The van der Waals surface area contributed by atoms with Gasteiger partial charge in [0.25, 0.3) is 5.91 Å². The van der Waals surface area contributed by atoms with Gasteiger partial charge in [0.1, 0.15) is 11.6 Å². The number of para-hydroxylation sites is 3. The number of imidazole rings is 1. The van der Waals surface area contributed by atoms with Crippen molar-refractivity contribution in [2.24, 2.45) is 5.92 Å². The number of rotatable bonds is 6. The third-order valence-electron chi connectivity index (χ3n) is 4.24. The maximum Gasteiger partial charge on any atom is 0.419 e. The number of nitrogens with one attached hydrogen (secondary N) is 2. The normalized spacial score (nSPS) is 12.9. The van der Waals surface area contributed by atoms with Crippen LogP contribution in [0.25, 0.3) is 11.0 Å². The van der Waals surface area contributed by atoms with Crippen molar-refractivity contribution in [3.63, 3.8) is 0 Å². The van der Waals surface area contributed by atoms with E-state index in [1.165, 1.54) is 18.2 Å². The first kappa shape index (κ1) is 19.7. The van der Waals surface area contributed by atoms with Crippen molar-refractivity contribution in [1.29, 1.82) is 0 Å². The Kier molecular flexibility index (Phi) is 5.58. The Hall–Kier alpha value is -3.03. The van der Waals surface area contributed by atoms with Gasteiger partial charge in [-0.25, -0.2) is 4.98 Å². The Balaban J connectivity index is 1.70. The van der Waals surface area contributed by atoms with E-state index in [-0.39, 0.29) is 11.7 Å². The van der Waals surface area contributed by atoms with E-state index in [1.807, 2.05) is 38.1 Å². The van der Waals surface area contributed by atoms with Gasteiger partial charge in [-0.3, -0.25) is 4.79 Å². The van der Waals surface area contributed by atoms with Crippen molar-refractivity contribution in [2.75, 3.05) is 6.61 Å². The number of alkyl halides is 3. The highest BCUT2D eigenvalue weighted by atomic mass is 19.4. The highest BCUT2D eigenvalue weighted by molar-refractivity contribution is 5.78. The molecular weight excluding hydrogens is 371 g/mol. The zero-order valence-corrected chi connectivity index (χ0v) is 15.4. The third kappa shape index (κ3) is 4.44. The summed E-state index contributed by atoms with van der Waals surface area (Å²) in [6, 6.07) is 11.8. The molecule has 0 saturated heterocycles. The molecular formula is C20H20F3N3O2. The van der Waals surface area contributed by atoms with Crippen LogP contribution in [-0.2, 0) is 11.0 Å². The van der Waals surface area contributed by atoms with Crippen LogP contribution in [0, 0.1) is 5.92 Å². The number of ether oxygens (including phenoxy) is 1. The lowest BCUT2D eigenvalue weighted by Gasteiger charge is -2.21. The molecule has 2 aromatic carbocycles. The van der Waals surface area contributed by atoms with Gasteiger partial charge in [-0.05, 0) is 30.2 Å². The summed E-state index contributed by atoms with van der Waals surface area (Å²) in [6.07, 6.45) is -4.55. The van der Waals surface area contributed by atoms with Gasteiger partial charge in [-0.15, -0.1) is 0 Å². The molecule has 1 heterocycles. The van der Waals surface area contributed by atoms with Crippen molar-refractivity contribution >= 4 is 16.9 Å². The number of fused-ring (bicyclic) bond motifs is 1. The number of aromatic amines is 1. The van der Waals surface area contributed by atoms with Gasteiger partial charge in [0, 0.05) is 0 Å². The fourth-order valence-corrected chi connectivity index (χ4v) is 2.86. The van der Waals surface area contributed by atoms with Crippen molar-refractivity contribution in [2.45, 2.75) is 26.1 Å². The Labute approximate surface area is 159 Å². The van der Waals surface area contributed by atoms with Crippen LogP contribution in [0.5, 0.6) is 5.75 Å². The van der Waals surface area contributed by atoms with E-state index in [2.05, 4.69) is 15.3 Å². The number of hydrogen-bond acceptors (Lipinski definition) is 3. The number of benzene rings is 2. The molecule has 0 aliphatic heterocycles. The topological polar surface area (TPSA) is 67.0 Å². The minimum Gasteiger partial charge on any atom is -0.483 e. The number of H-pyrrole nitrogens is 1. The summed E-state index contributed by atoms with van der Waals surface area (Å²) in [7, 11) is 0. The molecule has 5 nitrogen and oxygen atoms in total. The summed E-state index contributed by atoms with van der Waals surface area (Å²) in [5.74, 6) is -0.321. The van der Waals surface area contributed by atoms with Crippen LogP contribution in [0.4, 0.5) is 13.2 Å². The average Bonchev–Trinajstić information content (AvgIpc) is 3.07. The van der Waals surface area contributed by atoms with Crippen LogP contribution >= 0.6 is 0 Å². The molecule has 1 aromatic heterocycles. The second kappa shape index (κ2) is 7.92. The van der Waals surface area contributed by atoms with Crippen LogP contribution in [0.1, 0.15) is 31.3 Å². The maximum atomic E-state index is 13.0. The molecule has 3 rings (SSSR count). The largest absolute Gasteiger partial charge is 0.483 e. The van der Waals surface area contributed by atoms with Crippen LogP contribution < -0.4 is 10.1 Å². The molecule has 0 radical (unpaired) electrons. The summed E-state index contributed by atoms with van der Waals surface area (Å²) < 4.78 is 44.2. The summed E-state index contributed by atoms with van der Waals surface area (Å²) in [6.45, 7) is 3.30. The Morgan fingerprint density at radius 2 is 1.82 bits per heavy atom. The smallest absolute Gasteiger partial charge is 0.419 e. The number of carbonyl (C=O) groups is 1. The lowest BCUT2D eigenvalue weighted by Crippen LogP contribution is -2.35. The minimum atomic E-state index is -4.55. The summed E-state index contributed by atoms with van der Waals surface area (Å²) in [4.78, 5) is 20.0. The van der Waals surface area contributed by atoms with E-state index >= 15 is 0 Å². The molecule has 0 saturated carbocycles. The Morgan fingerprint density at radius 1 is 1.14 bits per heavy atom. The third-order valence-corrected chi connectivity index (χ3v) is 4.24. The molecule has 1 atom stereocenters. The average molecular weight is 391 g/mol. The molecule has 1 amide bonds. The molecule has 0 bridgehead atoms. The number of carbonyl (C=O) groups excluding carboxylic acids is 1. The quantitative estimate of drug-likeness (QED) is 0.651. The summed E-state index contributed by atoms with van der Waals surface area (Å²) >= 11 is 0. The first-order valence-corrected chi connectivity index (χ1v) is 8.78. The van der Waals surface area contributed by atoms with Crippen LogP contribution in [0.3, 0.4) is 0 Å². The van der Waals surface area contributed by atoms with Crippen molar-refractivity contribution in [1.82, 2.24) is 15.3 Å². The number of nitrogens with zero attached hydrogens (tertiary/aromatic N) is 1. The van der Waals surface area contributed by atoms with Gasteiger partial charge in [-0.2, -0.15) is 13.2 Å². The van der Waals surface area contributed by atoms with E-state index in [0.29, 0.717) is 5.82 Å². The lowest BCUT2D eigenvalue weighted by molar-refractivity contribution is -0.139. The van der Waals surface area contributed by atoms with Gasteiger partial charge in [-0.1, -0.05) is 38.1 Å². The molecule has 28 heavy (non-hydrogen) atoms. The van der Waals surface area contributed by atoms with Crippen molar-refractivity contribution in [3.05, 3.63) is 59.9 Å². The van der Waals surface area contributed by atoms with Gasteiger partial charge in [0.15, 0.2) is 6.61 Å². The van der Waals surface area contributed by atoms with Gasteiger partial charge in [0.05, 0.1) is 22.6 Å². The van der Waals surface area contributed by atoms with E-state index in [1.54, 1.807) is 0 Å². The number of halogens is 3. The van der Waals surface area contributed by atoms with Crippen LogP contribution in [0.15, 0.2) is 48.5 Å². The molecule has 0 aliphatic carbocycles. The SMILES string of the molecule is CC(C)[C@H](NC(=O)COc1ccccc1C(F)(F)F)c1nc2ccccc2[nH]1. The van der Waals surface area contributed by atoms with Crippen LogP contribution in [0.2, 0.25) is 0 Å². The van der Waals surface area contributed by atoms with E-state index in [0.717, 1.165) is 17.1 Å². The molecule has 3 aromatic rings. The standard InChI is InChI=1S/C20H20F3N3O2/c1-12(2)18(19-24-14-8-4-5-9-15(14)25-19)26-17(27)11-28-16-10-6-3-7-13(16)20(21,22)23/h3-10,12,18H,11H2,1-2H3,(H,24,25)(H,26,27)/t18-/m0/s1. The first-order valence-electron chi connectivity index (χ1n) is 8.78. The summed E-state index contributed by atoms with van der Waals surface area (Å²) in [5.41, 5.74) is 0.695. The Bertz CT molecular complexity index is 933. The Morgan fingerprint density at radius 3 is 2.50 bits per heavy atom. The van der Waals surface area contributed by atoms with Gasteiger partial charge in [0.2, 0.25) is 0 Å². The molecule has 2 N–H and O–H groups in total. The maximum absolute atomic E-state index is 13.0. The zero-order chi connectivity index (χ0) is 20.3. The van der Waals surface area contributed by atoms with E-state index in [9.17, 15) is 18.0 Å². The predicted molar refractivity (Wildman–Crippen MR) is 98.8 cm³/mol. The fourth-order valence-electron chi connectivity index (χ4n) is 2.86. The molecule has 148 valence electrons. The molecule has 0 aliphatic rings. The van der Waals surface area contributed by atoms with E-state index in [4.69, 9.17) is 4.74 Å². The highest BCUT2D eigenvalue weighted by Crippen LogP contribution is 2.35. The van der Waals surface area contributed by atoms with Crippen molar-refractivity contribution in [3.8, 4) is 5.75 Å². The molecule has 0 unspecified atom stereocenters. The highest BCUT2D eigenvalue weighted by Gasteiger charge is 2.34. The fraction of sp³-hybridized carbons (Fsp3) is 0.300. The lowest BCUT2D eigenvalue weighted by atomic mass is 10.0. The summed E-state index contributed by atoms with van der Waals surface area (Å²) in [5, 5.41) is 2.78. The van der Waals surface area contributed by atoms with Crippen molar-refractivity contribution < 1.29 is 22.7 Å². The monoisotopic (exact) mass is 391 g/mol.